The Balaban J connectivity index is 1.21. The standard InChI is InChI=1S/C25H32I2N6O2/c1-32-11-9-19(10-12-32)29-25(35)21-6-5-18(23(27)31-21)16-33-13-7-17(8-14-33)15-28-24(34)20-3-2-4-22(26)30-20/h2-6,17,19H,7-16H2,1H3,(H,28,34)(H,29,35). The van der Waals surface area contributed by atoms with Crippen LogP contribution in [0.5, 0.6) is 0 Å². The van der Waals surface area contributed by atoms with Crippen LogP contribution in [0.15, 0.2) is 30.3 Å². The van der Waals surface area contributed by atoms with Gasteiger partial charge in [-0.3, -0.25) is 14.5 Å². The Hall–Kier alpha value is -1.38. The maximum absolute atomic E-state index is 12.7. The van der Waals surface area contributed by atoms with Crippen molar-refractivity contribution in [3.05, 3.63) is 54.7 Å². The molecule has 2 fully saturated rings. The molecule has 2 aliphatic rings. The molecule has 10 heteroatoms. The average Bonchev–Trinajstić information content (AvgIpc) is 2.86. The highest BCUT2D eigenvalue weighted by molar-refractivity contribution is 14.1. The fourth-order valence-corrected chi connectivity index (χ4v) is 5.65. The van der Waals surface area contributed by atoms with Crippen molar-refractivity contribution < 1.29 is 9.59 Å². The molecule has 0 atom stereocenters. The first-order valence-corrected chi connectivity index (χ1v) is 14.3. The molecule has 0 radical (unpaired) electrons. The fourth-order valence-electron chi connectivity index (χ4n) is 4.57. The highest BCUT2D eigenvalue weighted by atomic mass is 127. The zero-order valence-corrected chi connectivity index (χ0v) is 24.3. The van der Waals surface area contributed by atoms with E-state index in [1.54, 1.807) is 6.07 Å². The summed E-state index contributed by atoms with van der Waals surface area (Å²) in [5.41, 5.74) is 2.12. The lowest BCUT2D eigenvalue weighted by molar-refractivity contribution is 0.0909. The summed E-state index contributed by atoms with van der Waals surface area (Å²) < 4.78 is 1.71. The predicted molar refractivity (Wildman–Crippen MR) is 152 cm³/mol. The minimum Gasteiger partial charge on any atom is -0.350 e. The zero-order chi connectivity index (χ0) is 24.8. The van der Waals surface area contributed by atoms with Crippen molar-refractivity contribution in [2.45, 2.75) is 38.3 Å². The van der Waals surface area contributed by atoms with Gasteiger partial charge in [0, 0.05) is 19.1 Å². The summed E-state index contributed by atoms with van der Waals surface area (Å²) in [5.74, 6) is 0.291. The van der Waals surface area contributed by atoms with Crippen molar-refractivity contribution in [3.63, 3.8) is 0 Å². The van der Waals surface area contributed by atoms with Gasteiger partial charge in [0.2, 0.25) is 0 Å². The largest absolute Gasteiger partial charge is 0.350 e. The molecule has 2 N–H and O–H groups in total. The van der Waals surface area contributed by atoms with Crippen LogP contribution in [0.2, 0.25) is 0 Å². The summed E-state index contributed by atoms with van der Waals surface area (Å²) >= 11 is 4.36. The van der Waals surface area contributed by atoms with E-state index in [9.17, 15) is 9.59 Å². The van der Waals surface area contributed by atoms with E-state index in [0.29, 0.717) is 23.9 Å². The Morgan fingerprint density at radius 1 is 0.943 bits per heavy atom. The van der Waals surface area contributed by atoms with Gasteiger partial charge in [-0.2, -0.15) is 0 Å². The second-order valence-corrected chi connectivity index (χ2v) is 11.6. The monoisotopic (exact) mass is 702 g/mol. The number of amides is 2. The Bertz CT molecular complexity index is 1040. The molecule has 2 aliphatic heterocycles. The molecule has 0 aromatic carbocycles. The van der Waals surface area contributed by atoms with E-state index in [-0.39, 0.29) is 17.9 Å². The van der Waals surface area contributed by atoms with Crippen molar-refractivity contribution in [1.29, 1.82) is 0 Å². The van der Waals surface area contributed by atoms with Crippen LogP contribution in [0, 0.1) is 13.3 Å². The Labute approximate surface area is 234 Å². The van der Waals surface area contributed by atoms with Crippen LogP contribution >= 0.6 is 45.2 Å². The number of carbonyl (C=O) groups excluding carboxylic acids is 2. The first-order valence-electron chi connectivity index (χ1n) is 12.2. The number of pyridine rings is 2. The van der Waals surface area contributed by atoms with E-state index in [2.05, 4.69) is 82.6 Å². The highest BCUT2D eigenvalue weighted by Gasteiger charge is 2.23. The van der Waals surface area contributed by atoms with Crippen LogP contribution in [0.3, 0.4) is 0 Å². The SMILES string of the molecule is CN1CCC(NC(=O)c2ccc(CN3CCC(CNC(=O)c4cccc(I)n4)CC3)c(I)n2)CC1. The fraction of sp³-hybridized carbons (Fsp3) is 0.520. The molecule has 4 rings (SSSR count). The van der Waals surface area contributed by atoms with Crippen LogP contribution in [0.25, 0.3) is 0 Å². The smallest absolute Gasteiger partial charge is 0.270 e. The highest BCUT2D eigenvalue weighted by Crippen LogP contribution is 2.21. The third-order valence-electron chi connectivity index (χ3n) is 6.81. The maximum atomic E-state index is 12.7. The molecule has 4 heterocycles. The second-order valence-electron chi connectivity index (χ2n) is 9.47. The van der Waals surface area contributed by atoms with Gasteiger partial charge in [0.1, 0.15) is 18.8 Å². The van der Waals surface area contributed by atoms with Gasteiger partial charge in [-0.25, -0.2) is 9.97 Å². The molecule has 0 spiro atoms. The van der Waals surface area contributed by atoms with Gasteiger partial charge in [0.15, 0.2) is 0 Å². The van der Waals surface area contributed by atoms with Gasteiger partial charge in [0.05, 0.1) is 0 Å². The summed E-state index contributed by atoms with van der Waals surface area (Å²) in [4.78, 5) is 38.6. The number of aromatic nitrogens is 2. The number of hydrogen-bond donors (Lipinski definition) is 2. The number of halogens is 2. The van der Waals surface area contributed by atoms with Crippen molar-refractivity contribution >= 4 is 57.0 Å². The van der Waals surface area contributed by atoms with Crippen molar-refractivity contribution in [2.75, 3.05) is 39.8 Å². The first kappa shape index (κ1) is 26.7. The number of rotatable bonds is 7. The molecule has 2 aromatic heterocycles. The normalized spacial score (nSPS) is 18.4. The van der Waals surface area contributed by atoms with E-state index in [4.69, 9.17) is 0 Å². The summed E-state index contributed by atoms with van der Waals surface area (Å²) in [6, 6.07) is 9.60. The topological polar surface area (TPSA) is 90.5 Å². The van der Waals surface area contributed by atoms with Crippen molar-refractivity contribution in [1.82, 2.24) is 30.4 Å². The van der Waals surface area contributed by atoms with Gasteiger partial charge in [0.25, 0.3) is 11.8 Å². The van der Waals surface area contributed by atoms with E-state index in [1.807, 2.05) is 24.3 Å². The molecule has 2 aromatic rings. The third-order valence-corrected chi connectivity index (χ3v) is 8.35. The number of carbonyl (C=O) groups is 2. The third kappa shape index (κ3) is 7.80. The van der Waals surface area contributed by atoms with Crippen molar-refractivity contribution in [2.24, 2.45) is 5.92 Å². The lowest BCUT2D eigenvalue weighted by atomic mass is 9.96. The lowest BCUT2D eigenvalue weighted by Crippen LogP contribution is -2.43. The van der Waals surface area contributed by atoms with Crippen LogP contribution in [-0.2, 0) is 6.54 Å². The maximum Gasteiger partial charge on any atom is 0.270 e. The van der Waals surface area contributed by atoms with Gasteiger partial charge in [-0.05, 0) is 134 Å². The number of likely N-dealkylation sites (tertiary alicyclic amines) is 2. The molecule has 188 valence electrons. The average molecular weight is 702 g/mol. The minimum atomic E-state index is -0.105. The van der Waals surface area contributed by atoms with Crippen LogP contribution in [0.4, 0.5) is 0 Å². The molecule has 0 saturated carbocycles. The van der Waals surface area contributed by atoms with Gasteiger partial charge < -0.3 is 15.5 Å². The first-order chi connectivity index (χ1) is 16.9. The predicted octanol–water partition coefficient (Wildman–Crippen LogP) is 3.15. The Morgan fingerprint density at radius 2 is 1.66 bits per heavy atom. The quantitative estimate of drug-likeness (QED) is 0.341. The van der Waals surface area contributed by atoms with Crippen molar-refractivity contribution in [3.8, 4) is 0 Å². The zero-order valence-electron chi connectivity index (χ0n) is 20.0. The minimum absolute atomic E-state index is 0.0766. The molecule has 2 saturated heterocycles. The lowest BCUT2D eigenvalue weighted by Gasteiger charge is -2.32. The number of hydrogen-bond acceptors (Lipinski definition) is 6. The van der Waals surface area contributed by atoms with Gasteiger partial charge >= 0.3 is 0 Å². The number of nitrogens with zero attached hydrogens (tertiary/aromatic N) is 4. The molecular weight excluding hydrogens is 670 g/mol. The molecule has 0 unspecified atom stereocenters. The summed E-state index contributed by atoms with van der Waals surface area (Å²) in [6.07, 6.45) is 4.06. The van der Waals surface area contributed by atoms with Crippen LogP contribution in [0.1, 0.15) is 52.2 Å². The molecule has 2 amide bonds. The summed E-state index contributed by atoms with van der Waals surface area (Å²) in [5, 5.41) is 6.19. The number of nitrogens with one attached hydrogen (secondary N) is 2. The van der Waals surface area contributed by atoms with Gasteiger partial charge in [-0.1, -0.05) is 12.1 Å². The molecule has 0 bridgehead atoms. The van der Waals surface area contributed by atoms with Crippen LogP contribution in [-0.4, -0.2) is 77.4 Å². The number of piperidine rings is 2. The molecule has 8 nitrogen and oxygen atoms in total. The Morgan fingerprint density at radius 3 is 2.34 bits per heavy atom. The van der Waals surface area contributed by atoms with E-state index in [1.165, 1.54) is 0 Å². The van der Waals surface area contributed by atoms with E-state index < -0.39 is 0 Å². The summed E-state index contributed by atoms with van der Waals surface area (Å²) in [6.45, 7) is 5.50. The van der Waals surface area contributed by atoms with Crippen LogP contribution < -0.4 is 10.6 Å². The second kappa shape index (κ2) is 12.7. The molecule has 0 aliphatic carbocycles. The van der Waals surface area contributed by atoms with E-state index >= 15 is 0 Å². The summed E-state index contributed by atoms with van der Waals surface area (Å²) in [7, 11) is 2.12. The Kier molecular flexibility index (Phi) is 9.70. The molecule has 35 heavy (non-hydrogen) atoms. The van der Waals surface area contributed by atoms with E-state index in [0.717, 1.165) is 71.4 Å². The molecular formula is C25H32I2N6O2. The van der Waals surface area contributed by atoms with Gasteiger partial charge in [-0.15, -0.1) is 0 Å².